The van der Waals surface area contributed by atoms with Crippen molar-refractivity contribution in [2.75, 3.05) is 4.90 Å². The lowest BCUT2D eigenvalue weighted by atomic mass is 9.73. The summed E-state index contributed by atoms with van der Waals surface area (Å²) >= 11 is 1.57. The van der Waals surface area contributed by atoms with Crippen molar-refractivity contribution < 1.29 is 4.79 Å². The highest BCUT2D eigenvalue weighted by Crippen LogP contribution is 2.58. The van der Waals surface area contributed by atoms with Crippen molar-refractivity contribution in [2.45, 2.75) is 96.3 Å². The van der Waals surface area contributed by atoms with E-state index in [1.165, 1.54) is 89.4 Å². The first-order valence-electron chi connectivity index (χ1n) is 22.0. The number of anilines is 3. The van der Waals surface area contributed by atoms with E-state index in [-0.39, 0.29) is 16.2 Å². The average molecular weight is 788 g/mol. The van der Waals surface area contributed by atoms with Crippen LogP contribution in [0, 0.1) is 0 Å². The van der Waals surface area contributed by atoms with Crippen LogP contribution in [0.4, 0.5) is 17.1 Å². The molecule has 0 aliphatic heterocycles. The molecule has 0 unspecified atom stereocenters. The number of aldehydes is 1. The smallest absolute Gasteiger partial charge is 0.160 e. The molecule has 0 spiro atoms. The van der Waals surface area contributed by atoms with Gasteiger partial charge < -0.3 is 4.90 Å². The second-order valence-electron chi connectivity index (χ2n) is 17.1. The summed E-state index contributed by atoms with van der Waals surface area (Å²) in [5.74, 6) is 0. The molecule has 3 heteroatoms. The van der Waals surface area contributed by atoms with Crippen molar-refractivity contribution in [1.29, 1.82) is 0 Å². The molecule has 1 aromatic heterocycles. The van der Waals surface area contributed by atoms with E-state index in [1.54, 1.807) is 11.3 Å². The molecule has 3 aliphatic rings. The Kier molecular flexibility index (Phi) is 8.99. The van der Waals surface area contributed by atoms with Gasteiger partial charge in [-0.05, 0) is 165 Å². The van der Waals surface area contributed by atoms with Gasteiger partial charge in [-0.15, -0.1) is 11.3 Å². The summed E-state index contributed by atoms with van der Waals surface area (Å²) in [4.78, 5) is 16.1. The fourth-order valence-electron chi connectivity index (χ4n) is 12.0. The molecule has 0 N–H and O–H groups in total. The standard InChI is InChI=1S/C56H53NOS/c1-7-54(8-2)47-19-15-13-17-41(47)44-27-22-37(32-50(44)54)57(38-23-28-45-42-18-14-16-20-48(42)55(9-3,10-4)51(45)33-38)39-24-29-46-43-26-21-36(53-30-25-40(35-58)59-53)31-49(43)56(11-5,12-6)52(46)34-39/h13-35H,7-12H2,1-6H3. The molecule has 10 rings (SSSR count). The van der Waals surface area contributed by atoms with Gasteiger partial charge in [-0.2, -0.15) is 0 Å². The molecule has 59 heavy (non-hydrogen) atoms. The predicted molar refractivity (Wildman–Crippen MR) is 250 cm³/mol. The zero-order valence-corrected chi connectivity index (χ0v) is 36.1. The van der Waals surface area contributed by atoms with Crippen LogP contribution in [-0.4, -0.2) is 6.29 Å². The van der Waals surface area contributed by atoms with Crippen molar-refractivity contribution in [3.05, 3.63) is 172 Å². The van der Waals surface area contributed by atoms with Crippen molar-refractivity contribution in [2.24, 2.45) is 0 Å². The summed E-state index contributed by atoms with van der Waals surface area (Å²) in [6, 6.07) is 51.2. The Labute approximate surface area is 354 Å². The highest BCUT2D eigenvalue weighted by Gasteiger charge is 2.44. The van der Waals surface area contributed by atoms with Gasteiger partial charge in [-0.3, -0.25) is 4.79 Å². The molecular weight excluding hydrogens is 735 g/mol. The molecule has 1 heterocycles. The maximum Gasteiger partial charge on any atom is 0.160 e. The van der Waals surface area contributed by atoms with Crippen LogP contribution in [-0.2, 0) is 16.2 Å². The van der Waals surface area contributed by atoms with Crippen LogP contribution in [0.1, 0.15) is 123 Å². The first-order valence-corrected chi connectivity index (χ1v) is 22.8. The van der Waals surface area contributed by atoms with E-state index in [1.807, 2.05) is 6.07 Å². The Morgan fingerprint density at radius 3 is 1.20 bits per heavy atom. The Morgan fingerprint density at radius 2 is 0.797 bits per heavy atom. The number of hydrogen-bond acceptors (Lipinski definition) is 3. The highest BCUT2D eigenvalue weighted by atomic mass is 32.1. The fourth-order valence-corrected chi connectivity index (χ4v) is 12.8. The number of thiophene rings is 1. The second kappa shape index (κ2) is 14.1. The number of carbonyl (C=O) groups is 1. The lowest BCUT2D eigenvalue weighted by Crippen LogP contribution is -2.25. The number of carbonyl (C=O) groups excluding carboxylic acids is 1. The van der Waals surface area contributed by atoms with Crippen LogP contribution in [0.3, 0.4) is 0 Å². The van der Waals surface area contributed by atoms with E-state index >= 15 is 0 Å². The predicted octanol–water partition coefficient (Wildman–Crippen LogP) is 16.0. The highest BCUT2D eigenvalue weighted by molar-refractivity contribution is 7.17. The third kappa shape index (κ3) is 5.13. The van der Waals surface area contributed by atoms with E-state index in [0.29, 0.717) is 0 Å². The zero-order chi connectivity index (χ0) is 40.7. The summed E-state index contributed by atoms with van der Waals surface area (Å²) in [5, 5.41) is 0. The third-order valence-electron chi connectivity index (χ3n) is 15.3. The van der Waals surface area contributed by atoms with Crippen molar-refractivity contribution >= 4 is 34.7 Å². The van der Waals surface area contributed by atoms with E-state index < -0.39 is 0 Å². The molecule has 0 amide bonds. The maximum atomic E-state index is 11.6. The topological polar surface area (TPSA) is 20.3 Å². The van der Waals surface area contributed by atoms with E-state index in [9.17, 15) is 4.79 Å². The van der Waals surface area contributed by atoms with E-state index in [4.69, 9.17) is 0 Å². The quantitative estimate of drug-likeness (QED) is 0.122. The minimum atomic E-state index is -0.134. The summed E-state index contributed by atoms with van der Waals surface area (Å²) in [6.45, 7) is 14.2. The van der Waals surface area contributed by atoms with Crippen LogP contribution in [0.25, 0.3) is 43.8 Å². The molecular formula is C56H53NOS. The lowest BCUT2D eigenvalue weighted by molar-refractivity contribution is 0.112. The van der Waals surface area contributed by atoms with Gasteiger partial charge in [0.1, 0.15) is 0 Å². The van der Waals surface area contributed by atoms with E-state index in [2.05, 4.69) is 174 Å². The normalized spacial score (nSPS) is 15.5. The average Bonchev–Trinajstić information content (AvgIpc) is 4.03. The van der Waals surface area contributed by atoms with Crippen LogP contribution in [0.15, 0.2) is 133 Å². The zero-order valence-electron chi connectivity index (χ0n) is 35.3. The summed E-state index contributed by atoms with van der Waals surface area (Å²) in [6.07, 6.45) is 7.18. The fraction of sp³-hybridized carbons (Fsp3) is 0.268. The number of hydrogen-bond donors (Lipinski definition) is 0. The first-order chi connectivity index (χ1) is 28.8. The van der Waals surface area contributed by atoms with Gasteiger partial charge in [0.25, 0.3) is 0 Å². The minimum absolute atomic E-state index is 0.0291. The van der Waals surface area contributed by atoms with Crippen LogP contribution in [0.2, 0.25) is 0 Å². The Hall–Kier alpha value is -5.51. The Bertz CT molecular complexity index is 2680. The van der Waals surface area contributed by atoms with Gasteiger partial charge in [0.2, 0.25) is 0 Å². The number of rotatable bonds is 11. The summed E-state index contributed by atoms with van der Waals surface area (Å²) in [5.41, 5.74) is 21.4. The number of benzene rings is 6. The van der Waals surface area contributed by atoms with Crippen molar-refractivity contribution in [3.63, 3.8) is 0 Å². The molecule has 7 aromatic rings. The molecule has 0 saturated carbocycles. The second-order valence-corrected chi connectivity index (χ2v) is 18.2. The third-order valence-corrected chi connectivity index (χ3v) is 16.3. The lowest BCUT2D eigenvalue weighted by Gasteiger charge is -2.34. The van der Waals surface area contributed by atoms with Gasteiger partial charge in [0, 0.05) is 38.2 Å². The first kappa shape index (κ1) is 37.7. The minimum Gasteiger partial charge on any atom is -0.310 e. The summed E-state index contributed by atoms with van der Waals surface area (Å²) in [7, 11) is 0. The van der Waals surface area contributed by atoms with Gasteiger partial charge in [-0.1, -0.05) is 120 Å². The molecule has 3 aliphatic carbocycles. The molecule has 0 fully saturated rings. The van der Waals surface area contributed by atoms with Crippen LogP contribution >= 0.6 is 11.3 Å². The number of nitrogens with zero attached hydrogens (tertiary/aromatic N) is 1. The van der Waals surface area contributed by atoms with Crippen molar-refractivity contribution in [1.82, 2.24) is 0 Å². The maximum absolute atomic E-state index is 11.6. The SMILES string of the molecule is CCC1(CC)c2ccccc2-c2ccc(N(c3ccc4c(c3)C(CC)(CC)c3ccccc3-4)c3ccc4c(c3)C(CC)(CC)c3cc(-c5ccc(C=O)s5)ccc3-4)cc21. The van der Waals surface area contributed by atoms with Gasteiger partial charge in [-0.25, -0.2) is 0 Å². The molecule has 0 radical (unpaired) electrons. The van der Waals surface area contributed by atoms with Gasteiger partial charge in [0.05, 0.1) is 4.88 Å². The van der Waals surface area contributed by atoms with Gasteiger partial charge >= 0.3 is 0 Å². The molecule has 294 valence electrons. The molecule has 2 nitrogen and oxygen atoms in total. The number of fused-ring (bicyclic) bond motifs is 9. The van der Waals surface area contributed by atoms with Crippen LogP contribution in [0.5, 0.6) is 0 Å². The largest absolute Gasteiger partial charge is 0.310 e. The Balaban J connectivity index is 1.18. The summed E-state index contributed by atoms with van der Waals surface area (Å²) < 4.78 is 0. The monoisotopic (exact) mass is 787 g/mol. The van der Waals surface area contributed by atoms with E-state index in [0.717, 1.165) is 54.6 Å². The molecule has 0 bridgehead atoms. The molecule has 0 atom stereocenters. The Morgan fingerprint density at radius 1 is 0.424 bits per heavy atom. The molecule has 6 aromatic carbocycles. The van der Waals surface area contributed by atoms with Crippen molar-refractivity contribution in [3.8, 4) is 43.8 Å². The van der Waals surface area contributed by atoms with Crippen LogP contribution < -0.4 is 4.90 Å². The van der Waals surface area contributed by atoms with Gasteiger partial charge in [0.15, 0.2) is 6.29 Å². The molecule has 0 saturated heterocycles.